The number of halogens is 2. The van der Waals surface area contributed by atoms with Crippen LogP contribution in [-0.2, 0) is 4.74 Å². The average Bonchev–Trinajstić information content (AvgIpc) is 2.38. The topological polar surface area (TPSA) is 9.23 Å². The van der Waals surface area contributed by atoms with Crippen molar-refractivity contribution in [3.05, 3.63) is 22.7 Å². The van der Waals surface area contributed by atoms with Crippen LogP contribution in [0, 0.1) is 5.92 Å². The molecule has 0 bridgehead atoms. The van der Waals surface area contributed by atoms with E-state index in [0.717, 1.165) is 31.6 Å². The van der Waals surface area contributed by atoms with E-state index < -0.39 is 0 Å². The SMILES string of the molecule is CC/C=C(F)\C(OC1CCC(C)CC1)=C(/C)Cl.CCC. The summed E-state index contributed by atoms with van der Waals surface area (Å²) in [5.41, 5.74) is 0. The van der Waals surface area contributed by atoms with Gasteiger partial charge < -0.3 is 4.74 Å². The second kappa shape index (κ2) is 11.2. The molecule has 0 heterocycles. The van der Waals surface area contributed by atoms with Gasteiger partial charge in [0.25, 0.3) is 0 Å². The Morgan fingerprint density at radius 2 is 1.70 bits per heavy atom. The predicted octanol–water partition coefficient (Wildman–Crippen LogP) is 6.73. The van der Waals surface area contributed by atoms with Gasteiger partial charge in [-0.2, -0.15) is 0 Å². The minimum absolute atomic E-state index is 0.117. The molecule has 0 spiro atoms. The van der Waals surface area contributed by atoms with Crippen molar-refractivity contribution in [1.29, 1.82) is 0 Å². The average molecular weight is 305 g/mol. The Kier molecular flexibility index (Phi) is 10.9. The third kappa shape index (κ3) is 7.94. The van der Waals surface area contributed by atoms with Crippen LogP contribution in [0.1, 0.15) is 73.1 Å². The van der Waals surface area contributed by atoms with Gasteiger partial charge in [-0.1, -0.05) is 45.7 Å². The summed E-state index contributed by atoms with van der Waals surface area (Å²) in [5, 5.41) is 0.394. The number of ether oxygens (including phenoxy) is 1. The van der Waals surface area contributed by atoms with E-state index in [4.69, 9.17) is 16.3 Å². The van der Waals surface area contributed by atoms with Gasteiger partial charge in [-0.3, -0.25) is 0 Å². The molecular formula is C17H30ClFO. The van der Waals surface area contributed by atoms with Crippen molar-refractivity contribution in [2.45, 2.75) is 79.2 Å². The number of hydrogen-bond acceptors (Lipinski definition) is 1. The molecule has 1 nitrogen and oxygen atoms in total. The zero-order chi connectivity index (χ0) is 15.5. The van der Waals surface area contributed by atoms with Crippen LogP contribution in [0.15, 0.2) is 22.7 Å². The Morgan fingerprint density at radius 3 is 2.10 bits per heavy atom. The number of hydrogen-bond donors (Lipinski definition) is 0. The summed E-state index contributed by atoms with van der Waals surface area (Å²) in [7, 11) is 0. The van der Waals surface area contributed by atoms with Crippen LogP contribution in [0.4, 0.5) is 4.39 Å². The molecule has 0 aromatic rings. The monoisotopic (exact) mass is 304 g/mol. The van der Waals surface area contributed by atoms with Crippen LogP contribution in [0.3, 0.4) is 0 Å². The van der Waals surface area contributed by atoms with Gasteiger partial charge in [-0.25, -0.2) is 4.39 Å². The Morgan fingerprint density at radius 1 is 1.20 bits per heavy atom. The van der Waals surface area contributed by atoms with Gasteiger partial charge in [0.05, 0.1) is 11.1 Å². The number of allylic oxidation sites excluding steroid dienone is 3. The maximum atomic E-state index is 13.7. The van der Waals surface area contributed by atoms with Gasteiger partial charge in [0.15, 0.2) is 11.6 Å². The zero-order valence-electron chi connectivity index (χ0n) is 13.6. The third-order valence-corrected chi connectivity index (χ3v) is 3.33. The molecule has 3 heteroatoms. The second-order valence-electron chi connectivity index (χ2n) is 5.53. The normalized spacial score (nSPS) is 24.4. The highest BCUT2D eigenvalue weighted by molar-refractivity contribution is 6.29. The Bertz CT molecular complexity index is 311. The molecule has 1 aliphatic carbocycles. The Hall–Kier alpha value is -0.500. The molecular weight excluding hydrogens is 275 g/mol. The second-order valence-corrected chi connectivity index (χ2v) is 6.10. The van der Waals surface area contributed by atoms with E-state index in [2.05, 4.69) is 20.8 Å². The standard InChI is InChI=1S/C14H22ClFO.C3H8/c1-4-5-13(16)14(11(3)15)17-12-8-6-10(2)7-9-12;1-3-2/h5,10,12H,4,6-9H2,1-3H3;3H2,1-2H3/b13-5+,14-11-;. The van der Waals surface area contributed by atoms with Crippen molar-refractivity contribution in [3.8, 4) is 0 Å². The van der Waals surface area contributed by atoms with Crippen LogP contribution < -0.4 is 0 Å². The molecule has 1 aliphatic rings. The first-order valence-corrected chi connectivity index (χ1v) is 8.22. The predicted molar refractivity (Wildman–Crippen MR) is 86.5 cm³/mol. The molecule has 1 fully saturated rings. The quantitative estimate of drug-likeness (QED) is 0.413. The van der Waals surface area contributed by atoms with Crippen molar-refractivity contribution in [2.24, 2.45) is 5.92 Å². The van der Waals surface area contributed by atoms with Crippen molar-refractivity contribution in [2.75, 3.05) is 0 Å². The van der Waals surface area contributed by atoms with E-state index in [1.54, 1.807) is 6.92 Å². The molecule has 0 aromatic heterocycles. The van der Waals surface area contributed by atoms with E-state index in [1.165, 1.54) is 12.5 Å². The maximum Gasteiger partial charge on any atom is 0.169 e. The van der Waals surface area contributed by atoms with Crippen molar-refractivity contribution in [1.82, 2.24) is 0 Å². The van der Waals surface area contributed by atoms with E-state index in [-0.39, 0.29) is 17.7 Å². The fourth-order valence-electron chi connectivity index (χ4n) is 2.09. The van der Waals surface area contributed by atoms with Gasteiger partial charge in [-0.05, 0) is 51.0 Å². The molecule has 0 radical (unpaired) electrons. The molecule has 0 N–H and O–H groups in total. The van der Waals surface area contributed by atoms with Gasteiger partial charge in [0, 0.05) is 0 Å². The van der Waals surface area contributed by atoms with Crippen molar-refractivity contribution < 1.29 is 9.13 Å². The Labute approximate surface area is 129 Å². The lowest BCUT2D eigenvalue weighted by Crippen LogP contribution is -2.20. The summed E-state index contributed by atoms with van der Waals surface area (Å²) >= 11 is 5.90. The molecule has 1 rings (SSSR count). The molecule has 1 saturated carbocycles. The summed E-state index contributed by atoms with van der Waals surface area (Å²) in [6.45, 7) is 10.1. The first kappa shape index (κ1) is 19.5. The highest BCUT2D eigenvalue weighted by Gasteiger charge is 2.22. The first-order chi connectivity index (χ1) is 9.46. The van der Waals surface area contributed by atoms with E-state index in [9.17, 15) is 4.39 Å². The molecule has 0 atom stereocenters. The smallest absolute Gasteiger partial charge is 0.169 e. The highest BCUT2D eigenvalue weighted by atomic mass is 35.5. The molecule has 118 valence electrons. The zero-order valence-corrected chi connectivity index (χ0v) is 14.4. The molecule has 0 aliphatic heterocycles. The van der Waals surface area contributed by atoms with Gasteiger partial charge >= 0.3 is 0 Å². The van der Waals surface area contributed by atoms with Crippen LogP contribution in [0.25, 0.3) is 0 Å². The Balaban J connectivity index is 0.00000110. The molecule has 0 unspecified atom stereocenters. The lowest BCUT2D eigenvalue weighted by molar-refractivity contribution is 0.0690. The largest absolute Gasteiger partial charge is 0.486 e. The first-order valence-electron chi connectivity index (χ1n) is 7.85. The minimum atomic E-state index is -0.335. The van der Waals surface area contributed by atoms with E-state index in [1.807, 2.05) is 6.92 Å². The van der Waals surface area contributed by atoms with Crippen LogP contribution >= 0.6 is 11.6 Å². The number of rotatable bonds is 4. The van der Waals surface area contributed by atoms with E-state index in [0.29, 0.717) is 11.5 Å². The highest BCUT2D eigenvalue weighted by Crippen LogP contribution is 2.30. The molecule has 0 amide bonds. The summed E-state index contributed by atoms with van der Waals surface area (Å²) in [6.07, 6.45) is 7.81. The molecule has 0 aromatic carbocycles. The van der Waals surface area contributed by atoms with Crippen LogP contribution in [0.5, 0.6) is 0 Å². The summed E-state index contributed by atoms with van der Waals surface area (Å²) in [4.78, 5) is 0. The van der Waals surface area contributed by atoms with Gasteiger partial charge in [-0.15, -0.1) is 0 Å². The van der Waals surface area contributed by atoms with E-state index >= 15 is 0 Å². The fraction of sp³-hybridized carbons (Fsp3) is 0.765. The van der Waals surface area contributed by atoms with Crippen LogP contribution in [-0.4, -0.2) is 6.10 Å². The van der Waals surface area contributed by atoms with Crippen LogP contribution in [0.2, 0.25) is 0 Å². The lowest BCUT2D eigenvalue weighted by atomic mass is 9.89. The maximum absolute atomic E-state index is 13.7. The fourth-order valence-corrected chi connectivity index (χ4v) is 2.22. The third-order valence-electron chi connectivity index (χ3n) is 3.16. The summed E-state index contributed by atoms with van der Waals surface area (Å²) in [5.74, 6) is 0.655. The summed E-state index contributed by atoms with van der Waals surface area (Å²) in [6, 6.07) is 0. The summed E-state index contributed by atoms with van der Waals surface area (Å²) < 4.78 is 19.5. The molecule has 20 heavy (non-hydrogen) atoms. The van der Waals surface area contributed by atoms with Crippen molar-refractivity contribution >= 4 is 11.6 Å². The van der Waals surface area contributed by atoms with Gasteiger partial charge in [0.1, 0.15) is 0 Å². The minimum Gasteiger partial charge on any atom is -0.486 e. The lowest BCUT2D eigenvalue weighted by Gasteiger charge is -2.27. The van der Waals surface area contributed by atoms with Gasteiger partial charge in [0.2, 0.25) is 0 Å². The molecule has 0 saturated heterocycles. The van der Waals surface area contributed by atoms with Crippen molar-refractivity contribution in [3.63, 3.8) is 0 Å².